The maximum atomic E-state index is 12.2. The Labute approximate surface area is 115 Å². The van der Waals surface area contributed by atoms with Crippen molar-refractivity contribution in [1.29, 1.82) is 5.26 Å². The van der Waals surface area contributed by atoms with Crippen molar-refractivity contribution in [3.63, 3.8) is 0 Å². The highest BCUT2D eigenvalue weighted by Crippen LogP contribution is 2.23. The predicted molar refractivity (Wildman–Crippen MR) is 71.7 cm³/mol. The zero-order chi connectivity index (χ0) is 13.9. The van der Waals surface area contributed by atoms with E-state index in [9.17, 15) is 4.79 Å². The number of carbonyl (C=O) groups is 1. The summed E-state index contributed by atoms with van der Waals surface area (Å²) in [6, 6.07) is 8.89. The Morgan fingerprint density at radius 2 is 2.05 bits per heavy atom. The van der Waals surface area contributed by atoms with Crippen LogP contribution in [0.2, 0.25) is 0 Å². The summed E-state index contributed by atoms with van der Waals surface area (Å²) < 4.78 is 0. The van der Waals surface area contributed by atoms with Gasteiger partial charge in [-0.3, -0.25) is 4.79 Å². The van der Waals surface area contributed by atoms with E-state index in [2.05, 4.69) is 20.7 Å². The Hall–Kier alpha value is -2.68. The van der Waals surface area contributed by atoms with Crippen LogP contribution in [0.15, 0.2) is 24.3 Å². The number of amides is 1. The van der Waals surface area contributed by atoms with Gasteiger partial charge in [-0.25, -0.2) is 0 Å². The van der Waals surface area contributed by atoms with E-state index in [0.717, 1.165) is 24.2 Å². The van der Waals surface area contributed by atoms with Crippen molar-refractivity contribution in [2.45, 2.75) is 19.3 Å². The molecule has 6 nitrogen and oxygen atoms in total. The number of H-pyrrole nitrogens is 1. The van der Waals surface area contributed by atoms with Gasteiger partial charge in [0.25, 0.3) is 0 Å². The number of nitrogens with one attached hydrogen (secondary N) is 2. The third-order valence-electron chi connectivity index (χ3n) is 3.52. The standard InChI is InChI=1S/C14H13N5O/c15-8-9-1-4-11(5-2-9)16-14(20)10-3-6-12-13(7-10)18-19-17-12/h1-2,4-5,10H,3,6-7H2,(H,16,20)(H,17,18,19). The lowest BCUT2D eigenvalue weighted by molar-refractivity contribution is -0.120. The van der Waals surface area contributed by atoms with Crippen LogP contribution < -0.4 is 5.32 Å². The monoisotopic (exact) mass is 267 g/mol. The molecule has 0 spiro atoms. The number of rotatable bonds is 2. The summed E-state index contributed by atoms with van der Waals surface area (Å²) in [4.78, 5) is 12.2. The topological polar surface area (TPSA) is 94.5 Å². The van der Waals surface area contributed by atoms with Gasteiger partial charge in [0, 0.05) is 18.0 Å². The van der Waals surface area contributed by atoms with Gasteiger partial charge in [-0.15, -0.1) is 0 Å². The first-order valence-corrected chi connectivity index (χ1v) is 6.46. The van der Waals surface area contributed by atoms with E-state index < -0.39 is 0 Å². The average molecular weight is 267 g/mol. The van der Waals surface area contributed by atoms with Crippen molar-refractivity contribution < 1.29 is 4.79 Å². The molecular weight excluding hydrogens is 254 g/mol. The highest BCUT2D eigenvalue weighted by atomic mass is 16.1. The number of fused-ring (bicyclic) bond motifs is 1. The fourth-order valence-corrected chi connectivity index (χ4v) is 2.38. The van der Waals surface area contributed by atoms with E-state index in [-0.39, 0.29) is 11.8 Å². The molecule has 1 heterocycles. The molecule has 3 rings (SSSR count). The number of hydrogen-bond donors (Lipinski definition) is 2. The lowest BCUT2D eigenvalue weighted by Crippen LogP contribution is -2.28. The molecule has 0 saturated heterocycles. The predicted octanol–water partition coefficient (Wildman–Crippen LogP) is 1.42. The van der Waals surface area contributed by atoms with Gasteiger partial charge in [0.15, 0.2) is 0 Å². The van der Waals surface area contributed by atoms with Gasteiger partial charge >= 0.3 is 0 Å². The number of benzene rings is 1. The van der Waals surface area contributed by atoms with Crippen LogP contribution in [-0.2, 0) is 17.6 Å². The normalized spacial score (nSPS) is 17.1. The first kappa shape index (κ1) is 12.4. The first-order chi connectivity index (χ1) is 9.76. The number of aromatic amines is 1. The van der Waals surface area contributed by atoms with Crippen molar-refractivity contribution in [2.75, 3.05) is 5.32 Å². The molecule has 1 aromatic carbocycles. The molecule has 100 valence electrons. The molecule has 0 radical (unpaired) electrons. The van der Waals surface area contributed by atoms with Gasteiger partial charge in [0.1, 0.15) is 0 Å². The van der Waals surface area contributed by atoms with E-state index in [1.807, 2.05) is 6.07 Å². The van der Waals surface area contributed by atoms with Crippen LogP contribution in [0.25, 0.3) is 0 Å². The zero-order valence-electron chi connectivity index (χ0n) is 10.8. The van der Waals surface area contributed by atoms with Crippen LogP contribution in [0.4, 0.5) is 5.69 Å². The molecule has 1 aliphatic carbocycles. The lowest BCUT2D eigenvalue weighted by Gasteiger charge is -2.19. The summed E-state index contributed by atoms with van der Waals surface area (Å²) in [5, 5.41) is 22.3. The van der Waals surface area contributed by atoms with Crippen LogP contribution in [0.5, 0.6) is 0 Å². The highest BCUT2D eigenvalue weighted by molar-refractivity contribution is 5.92. The molecule has 1 aromatic heterocycles. The van der Waals surface area contributed by atoms with Crippen LogP contribution in [0.1, 0.15) is 23.4 Å². The second-order valence-electron chi connectivity index (χ2n) is 4.84. The Balaban J connectivity index is 1.66. The van der Waals surface area contributed by atoms with Crippen LogP contribution >= 0.6 is 0 Å². The van der Waals surface area contributed by atoms with Crippen LogP contribution in [0.3, 0.4) is 0 Å². The smallest absolute Gasteiger partial charge is 0.227 e. The molecule has 1 unspecified atom stereocenters. The SMILES string of the molecule is N#Cc1ccc(NC(=O)C2CCc3n[nH]nc3C2)cc1. The summed E-state index contributed by atoms with van der Waals surface area (Å²) >= 11 is 0. The van der Waals surface area contributed by atoms with E-state index in [1.54, 1.807) is 24.3 Å². The summed E-state index contributed by atoms with van der Waals surface area (Å²) in [6.45, 7) is 0. The maximum Gasteiger partial charge on any atom is 0.227 e. The molecule has 6 heteroatoms. The number of nitrogens with zero attached hydrogens (tertiary/aromatic N) is 3. The number of anilines is 1. The summed E-state index contributed by atoms with van der Waals surface area (Å²) in [5.41, 5.74) is 3.14. The van der Waals surface area contributed by atoms with Gasteiger partial charge in [-0.2, -0.15) is 20.7 Å². The maximum absolute atomic E-state index is 12.2. The average Bonchev–Trinajstić information content (AvgIpc) is 2.95. The summed E-state index contributed by atoms with van der Waals surface area (Å²) in [7, 11) is 0. The fraction of sp³-hybridized carbons (Fsp3) is 0.286. The molecule has 0 saturated carbocycles. The first-order valence-electron chi connectivity index (χ1n) is 6.46. The van der Waals surface area contributed by atoms with Crippen molar-refractivity contribution in [3.05, 3.63) is 41.2 Å². The molecule has 1 aliphatic rings. The second-order valence-corrected chi connectivity index (χ2v) is 4.84. The van der Waals surface area contributed by atoms with Gasteiger partial charge in [-0.05, 0) is 37.1 Å². The molecule has 0 bridgehead atoms. The molecule has 0 fully saturated rings. The molecular formula is C14H13N5O. The van der Waals surface area contributed by atoms with Crippen LogP contribution in [-0.4, -0.2) is 21.3 Å². The van der Waals surface area contributed by atoms with E-state index >= 15 is 0 Å². The van der Waals surface area contributed by atoms with Gasteiger partial charge < -0.3 is 5.32 Å². The zero-order valence-corrected chi connectivity index (χ0v) is 10.8. The Morgan fingerprint density at radius 3 is 2.80 bits per heavy atom. The van der Waals surface area contributed by atoms with Crippen molar-refractivity contribution in [3.8, 4) is 6.07 Å². The van der Waals surface area contributed by atoms with Crippen molar-refractivity contribution in [1.82, 2.24) is 15.4 Å². The Kier molecular flexibility index (Phi) is 3.17. The lowest BCUT2D eigenvalue weighted by atomic mass is 9.89. The molecule has 0 aliphatic heterocycles. The quantitative estimate of drug-likeness (QED) is 0.860. The largest absolute Gasteiger partial charge is 0.326 e. The van der Waals surface area contributed by atoms with Crippen LogP contribution in [0, 0.1) is 17.2 Å². The van der Waals surface area contributed by atoms with E-state index in [1.165, 1.54) is 0 Å². The third-order valence-corrected chi connectivity index (χ3v) is 3.52. The van der Waals surface area contributed by atoms with Gasteiger partial charge in [0.05, 0.1) is 23.0 Å². The Morgan fingerprint density at radius 1 is 1.30 bits per heavy atom. The number of nitriles is 1. The number of aryl methyl sites for hydroxylation is 1. The molecule has 2 aromatic rings. The minimum absolute atomic E-state index is 0.0108. The summed E-state index contributed by atoms with van der Waals surface area (Å²) in [6.07, 6.45) is 2.17. The fourth-order valence-electron chi connectivity index (χ4n) is 2.38. The second kappa shape index (κ2) is 5.13. The van der Waals surface area contributed by atoms with Gasteiger partial charge in [0.2, 0.25) is 5.91 Å². The summed E-state index contributed by atoms with van der Waals surface area (Å²) in [5.74, 6) is -0.0911. The van der Waals surface area contributed by atoms with E-state index in [0.29, 0.717) is 17.7 Å². The van der Waals surface area contributed by atoms with E-state index in [4.69, 9.17) is 5.26 Å². The van der Waals surface area contributed by atoms with Gasteiger partial charge in [-0.1, -0.05) is 0 Å². The minimum Gasteiger partial charge on any atom is -0.326 e. The molecule has 1 amide bonds. The van der Waals surface area contributed by atoms with Crippen molar-refractivity contribution >= 4 is 11.6 Å². The Bertz CT molecular complexity index is 668. The number of hydrogen-bond acceptors (Lipinski definition) is 4. The van der Waals surface area contributed by atoms with Crippen molar-refractivity contribution in [2.24, 2.45) is 5.92 Å². The number of carbonyl (C=O) groups excluding carboxylic acids is 1. The molecule has 2 N–H and O–H groups in total. The third kappa shape index (κ3) is 2.38. The molecule has 20 heavy (non-hydrogen) atoms. The minimum atomic E-state index is -0.0803. The number of aromatic nitrogens is 3. The highest BCUT2D eigenvalue weighted by Gasteiger charge is 2.27. The molecule has 1 atom stereocenters.